The molecule has 0 atom stereocenters. The molecule has 2 heterocycles. The van der Waals surface area contributed by atoms with Crippen LogP contribution in [0, 0.1) is 4.64 Å². The van der Waals surface area contributed by atoms with Crippen molar-refractivity contribution < 1.29 is 0 Å². The smallest absolute Gasteiger partial charge is 0.159 e. The molecular weight excluding hydrogens is 374 g/mol. The van der Waals surface area contributed by atoms with Crippen LogP contribution in [-0.4, -0.2) is 9.66 Å². The lowest BCUT2D eigenvalue weighted by Crippen LogP contribution is -2.35. The summed E-state index contributed by atoms with van der Waals surface area (Å²) in [4.78, 5) is 4.70. The number of nitrogens with zero attached hydrogens (tertiary/aromatic N) is 3. The molecule has 0 aliphatic rings. The third-order valence-corrected chi connectivity index (χ3v) is 5.47. The van der Waals surface area contributed by atoms with Gasteiger partial charge in [-0.25, -0.2) is 9.66 Å². The van der Waals surface area contributed by atoms with Crippen molar-refractivity contribution in [3.05, 3.63) is 106 Å². The summed E-state index contributed by atoms with van der Waals surface area (Å²) in [5, 5.41) is 3.43. The maximum atomic E-state index is 5.97. The zero-order chi connectivity index (χ0) is 20.1. The minimum absolute atomic E-state index is 0.755. The molecule has 0 unspecified atom stereocenters. The SMILES string of the molecule is CCCc1cc2cccnc2n(N(Cc2ccccc2)Cc2ccccc2)c1=S. The van der Waals surface area contributed by atoms with Crippen LogP contribution in [0.1, 0.15) is 30.0 Å². The van der Waals surface area contributed by atoms with E-state index in [0.29, 0.717) is 0 Å². The molecule has 0 spiro atoms. The Hall–Kier alpha value is -2.98. The molecule has 0 N–H and O–H groups in total. The lowest BCUT2D eigenvalue weighted by Gasteiger charge is -2.29. The molecule has 0 saturated carbocycles. The van der Waals surface area contributed by atoms with E-state index in [2.05, 4.69) is 89.4 Å². The van der Waals surface area contributed by atoms with Gasteiger partial charge < -0.3 is 5.01 Å². The molecule has 4 rings (SSSR count). The van der Waals surface area contributed by atoms with Crippen molar-refractivity contribution >= 4 is 23.3 Å². The van der Waals surface area contributed by atoms with E-state index < -0.39 is 0 Å². The van der Waals surface area contributed by atoms with Crippen LogP contribution in [0.15, 0.2) is 85.1 Å². The Balaban J connectivity index is 1.88. The second-order valence-corrected chi connectivity index (χ2v) is 7.63. The lowest BCUT2D eigenvalue weighted by molar-refractivity contribution is 0.577. The van der Waals surface area contributed by atoms with Crippen LogP contribution in [-0.2, 0) is 19.5 Å². The molecule has 146 valence electrons. The number of hydrogen-bond donors (Lipinski definition) is 0. The Morgan fingerprint density at radius 3 is 2.07 bits per heavy atom. The van der Waals surface area contributed by atoms with Crippen LogP contribution < -0.4 is 5.01 Å². The molecule has 0 saturated heterocycles. The van der Waals surface area contributed by atoms with Gasteiger partial charge in [-0.3, -0.25) is 0 Å². The molecule has 4 heteroatoms. The largest absolute Gasteiger partial charge is 0.301 e. The predicted octanol–water partition coefficient (Wildman–Crippen LogP) is 6.06. The molecule has 0 radical (unpaired) electrons. The summed E-state index contributed by atoms with van der Waals surface area (Å²) in [6.45, 7) is 3.70. The van der Waals surface area contributed by atoms with E-state index in [4.69, 9.17) is 17.2 Å². The molecule has 0 bridgehead atoms. The van der Waals surface area contributed by atoms with Gasteiger partial charge in [-0.15, -0.1) is 0 Å². The summed E-state index contributed by atoms with van der Waals surface area (Å²) in [6, 6.07) is 27.4. The predicted molar refractivity (Wildman–Crippen MR) is 123 cm³/mol. The van der Waals surface area contributed by atoms with Gasteiger partial charge in [0, 0.05) is 11.6 Å². The quantitative estimate of drug-likeness (QED) is 0.353. The number of benzene rings is 2. The number of aromatic nitrogens is 2. The first kappa shape index (κ1) is 19.3. The summed E-state index contributed by atoms with van der Waals surface area (Å²) in [7, 11) is 0. The van der Waals surface area contributed by atoms with Crippen molar-refractivity contribution in [3.63, 3.8) is 0 Å². The van der Waals surface area contributed by atoms with Gasteiger partial charge in [0.15, 0.2) is 5.65 Å². The van der Waals surface area contributed by atoms with Crippen LogP contribution in [0.2, 0.25) is 0 Å². The zero-order valence-electron chi connectivity index (χ0n) is 16.7. The summed E-state index contributed by atoms with van der Waals surface area (Å²) in [5.41, 5.74) is 4.60. The zero-order valence-corrected chi connectivity index (χ0v) is 17.5. The van der Waals surface area contributed by atoms with Crippen molar-refractivity contribution in [1.29, 1.82) is 0 Å². The Labute approximate surface area is 177 Å². The van der Waals surface area contributed by atoms with Crippen LogP contribution in [0.4, 0.5) is 0 Å². The summed E-state index contributed by atoms with van der Waals surface area (Å²) in [6.07, 6.45) is 3.87. The highest BCUT2D eigenvalue weighted by Gasteiger charge is 2.15. The van der Waals surface area contributed by atoms with Crippen molar-refractivity contribution in [3.8, 4) is 0 Å². The number of pyridine rings is 2. The van der Waals surface area contributed by atoms with Crippen LogP contribution in [0.25, 0.3) is 11.0 Å². The van der Waals surface area contributed by atoms with Crippen molar-refractivity contribution in [1.82, 2.24) is 9.66 Å². The first-order valence-corrected chi connectivity index (χ1v) is 10.5. The maximum absolute atomic E-state index is 5.97. The maximum Gasteiger partial charge on any atom is 0.159 e. The molecule has 0 aliphatic carbocycles. The number of fused-ring (bicyclic) bond motifs is 1. The van der Waals surface area contributed by atoms with Gasteiger partial charge in [0.25, 0.3) is 0 Å². The van der Waals surface area contributed by atoms with Gasteiger partial charge in [-0.1, -0.05) is 86.2 Å². The molecule has 2 aromatic heterocycles. The summed E-state index contributed by atoms with van der Waals surface area (Å²) < 4.78 is 3.00. The average Bonchev–Trinajstić information content (AvgIpc) is 2.76. The van der Waals surface area contributed by atoms with Crippen LogP contribution in [0.3, 0.4) is 0 Å². The monoisotopic (exact) mass is 399 g/mol. The molecule has 2 aromatic carbocycles. The van der Waals surface area contributed by atoms with E-state index in [1.807, 2.05) is 12.3 Å². The van der Waals surface area contributed by atoms with E-state index in [1.165, 1.54) is 16.7 Å². The van der Waals surface area contributed by atoms with Crippen molar-refractivity contribution in [2.45, 2.75) is 32.9 Å². The lowest BCUT2D eigenvalue weighted by atomic mass is 10.1. The highest BCUT2D eigenvalue weighted by Crippen LogP contribution is 2.20. The Bertz CT molecular complexity index is 1100. The summed E-state index contributed by atoms with van der Waals surface area (Å²) in [5.74, 6) is 0. The first-order valence-electron chi connectivity index (χ1n) is 10.1. The van der Waals surface area contributed by atoms with Gasteiger partial charge in [0.2, 0.25) is 0 Å². The number of rotatable bonds is 7. The van der Waals surface area contributed by atoms with E-state index in [1.54, 1.807) is 0 Å². The topological polar surface area (TPSA) is 21.1 Å². The molecule has 3 nitrogen and oxygen atoms in total. The average molecular weight is 400 g/mol. The Kier molecular flexibility index (Phi) is 6.01. The second-order valence-electron chi connectivity index (χ2n) is 7.25. The Morgan fingerprint density at radius 2 is 1.48 bits per heavy atom. The number of aryl methyl sites for hydroxylation is 1. The second kappa shape index (κ2) is 9.01. The minimum atomic E-state index is 0.755. The Morgan fingerprint density at radius 1 is 0.862 bits per heavy atom. The first-order chi connectivity index (χ1) is 14.3. The molecule has 4 aromatic rings. The van der Waals surface area contributed by atoms with Crippen LogP contribution in [0.5, 0.6) is 0 Å². The number of hydrogen-bond acceptors (Lipinski definition) is 3. The van der Waals surface area contributed by atoms with E-state index in [-0.39, 0.29) is 0 Å². The molecule has 0 amide bonds. The highest BCUT2D eigenvalue weighted by atomic mass is 32.1. The van der Waals surface area contributed by atoms with Crippen molar-refractivity contribution in [2.24, 2.45) is 0 Å². The molecule has 0 fully saturated rings. The fourth-order valence-corrected chi connectivity index (χ4v) is 4.04. The van der Waals surface area contributed by atoms with E-state index >= 15 is 0 Å². The standard InChI is InChI=1S/C25H25N3S/c1-2-10-23-17-22-15-9-16-26-24(22)28(25(23)29)27(18-20-11-5-3-6-12-20)19-21-13-7-4-8-14-21/h3-9,11-17H,2,10,18-19H2,1H3. The van der Waals surface area contributed by atoms with Crippen LogP contribution >= 0.6 is 12.2 Å². The molecule has 0 aliphatic heterocycles. The normalized spacial score (nSPS) is 10.9. The van der Waals surface area contributed by atoms with Gasteiger partial charge in [-0.05, 0) is 41.3 Å². The third kappa shape index (κ3) is 4.38. The molecular formula is C25H25N3S. The van der Waals surface area contributed by atoms with E-state index in [9.17, 15) is 0 Å². The van der Waals surface area contributed by atoms with Gasteiger partial charge in [-0.2, -0.15) is 0 Å². The minimum Gasteiger partial charge on any atom is -0.301 e. The molecule has 29 heavy (non-hydrogen) atoms. The summed E-state index contributed by atoms with van der Waals surface area (Å²) >= 11 is 5.97. The van der Waals surface area contributed by atoms with Gasteiger partial charge in [0.05, 0.1) is 13.1 Å². The van der Waals surface area contributed by atoms with Gasteiger partial charge >= 0.3 is 0 Å². The fourth-order valence-electron chi connectivity index (χ4n) is 3.68. The van der Waals surface area contributed by atoms with Gasteiger partial charge in [0.1, 0.15) is 4.64 Å². The highest BCUT2D eigenvalue weighted by molar-refractivity contribution is 7.71. The van der Waals surface area contributed by atoms with E-state index in [0.717, 1.165) is 41.6 Å². The van der Waals surface area contributed by atoms with Crippen molar-refractivity contribution in [2.75, 3.05) is 5.01 Å². The fraction of sp³-hybridized carbons (Fsp3) is 0.200. The third-order valence-electron chi connectivity index (χ3n) is 5.03.